The zero-order chi connectivity index (χ0) is 17.4. The van der Waals surface area contributed by atoms with Gasteiger partial charge in [-0.1, -0.05) is 30.3 Å². The second-order valence-corrected chi connectivity index (χ2v) is 4.99. The first kappa shape index (κ1) is 14.6. The highest BCUT2D eigenvalue weighted by atomic mass is 16.8. The number of anilines is 1. The molecule has 0 aliphatic carbocycles. The molecule has 3 aromatic rings. The van der Waals surface area contributed by atoms with Crippen molar-refractivity contribution in [2.45, 2.75) is 0 Å². The van der Waals surface area contributed by atoms with E-state index in [1.807, 2.05) is 6.07 Å². The van der Waals surface area contributed by atoms with Crippen molar-refractivity contribution in [3.8, 4) is 11.3 Å². The number of nitrogens with two attached hydrogens (primary N) is 1. The van der Waals surface area contributed by atoms with Crippen LogP contribution in [-0.4, -0.2) is 28.4 Å². The van der Waals surface area contributed by atoms with E-state index in [0.717, 1.165) is 0 Å². The van der Waals surface area contributed by atoms with Gasteiger partial charge in [-0.05, 0) is 9.81 Å². The van der Waals surface area contributed by atoms with Crippen molar-refractivity contribution in [2.24, 2.45) is 10.1 Å². The number of amidine groups is 1. The minimum Gasteiger partial charge on any atom is -0.359 e. The highest BCUT2D eigenvalue weighted by molar-refractivity contribution is 6.14. The number of hydrogen-bond acceptors (Lipinski definition) is 10. The van der Waals surface area contributed by atoms with Crippen LogP contribution in [0.15, 0.2) is 49.7 Å². The van der Waals surface area contributed by atoms with Gasteiger partial charge < -0.3 is 21.6 Å². The Hall–Kier alpha value is -3.96. The van der Waals surface area contributed by atoms with Crippen LogP contribution < -0.4 is 21.0 Å². The van der Waals surface area contributed by atoms with Crippen molar-refractivity contribution in [2.75, 3.05) is 12.3 Å². The molecule has 1 aromatic carbocycles. The Morgan fingerprint density at radius 1 is 1.04 bits per heavy atom. The predicted octanol–water partition coefficient (Wildman–Crippen LogP) is -1.07. The third-order valence-electron chi connectivity index (χ3n) is 3.46. The monoisotopic (exact) mass is 342 g/mol. The van der Waals surface area contributed by atoms with Crippen LogP contribution in [0, 0.1) is 10.4 Å². The topological polar surface area (TPSA) is 169 Å². The van der Waals surface area contributed by atoms with Gasteiger partial charge in [0, 0.05) is 10.7 Å². The molecule has 1 aliphatic rings. The lowest BCUT2D eigenvalue weighted by Gasteiger charge is -2.10. The average molecular weight is 342 g/mol. The summed E-state index contributed by atoms with van der Waals surface area (Å²) in [5.41, 5.74) is 9.33. The molecule has 3 N–H and O–H groups in total. The molecule has 0 saturated carbocycles. The lowest BCUT2D eigenvalue weighted by Crippen LogP contribution is -2.39. The molecule has 25 heavy (non-hydrogen) atoms. The smallest absolute Gasteiger partial charge is 0.314 e. The fourth-order valence-corrected chi connectivity index (χ4v) is 2.36. The van der Waals surface area contributed by atoms with Gasteiger partial charge >= 0.3 is 5.82 Å². The summed E-state index contributed by atoms with van der Waals surface area (Å²) in [6.07, 6.45) is 0. The summed E-state index contributed by atoms with van der Waals surface area (Å²) in [7, 11) is 0. The minimum atomic E-state index is -0.125. The first-order chi connectivity index (χ1) is 12.1. The number of aliphatic imine (C=N–C) groups is 1. The first-order valence-corrected chi connectivity index (χ1v) is 7.04. The Balaban J connectivity index is 1.81. The molecule has 12 nitrogen and oxygen atoms in total. The molecule has 0 spiro atoms. The molecule has 126 valence electrons. The van der Waals surface area contributed by atoms with E-state index in [9.17, 15) is 10.4 Å². The molecule has 0 saturated heterocycles. The van der Waals surface area contributed by atoms with Gasteiger partial charge in [-0.15, -0.1) is 0 Å². The quantitative estimate of drug-likeness (QED) is 0.567. The highest BCUT2D eigenvalue weighted by Crippen LogP contribution is 2.21. The maximum Gasteiger partial charge on any atom is 0.314 e. The van der Waals surface area contributed by atoms with Gasteiger partial charge in [0.25, 0.3) is 17.1 Å². The van der Waals surface area contributed by atoms with Crippen molar-refractivity contribution < 1.29 is 19.1 Å². The molecule has 0 amide bonds. The summed E-state index contributed by atoms with van der Waals surface area (Å²) in [6.45, 7) is 0.0992. The standard InChI is InChI=1S/C13H10N8O4/c14-12-10(20(22)25-19-12)8-6-15-17-13(16-8)11-9(18-24-21(11)23)7-4-2-1-3-5-7/h1-5,15H,6H2,(H2,14,19). The number of nitrogens with zero attached hydrogens (tertiary/aromatic N) is 6. The molecule has 0 fully saturated rings. The molecule has 1 aliphatic heterocycles. The van der Waals surface area contributed by atoms with E-state index in [4.69, 9.17) is 5.73 Å². The van der Waals surface area contributed by atoms with Crippen LogP contribution in [0.4, 0.5) is 5.82 Å². The second-order valence-electron chi connectivity index (χ2n) is 4.99. The summed E-state index contributed by atoms with van der Waals surface area (Å²) in [6, 6.07) is 8.92. The number of aromatic nitrogens is 4. The summed E-state index contributed by atoms with van der Waals surface area (Å²) >= 11 is 0. The van der Waals surface area contributed by atoms with E-state index in [0.29, 0.717) is 5.56 Å². The Kier molecular flexibility index (Phi) is 3.27. The van der Waals surface area contributed by atoms with E-state index in [-0.39, 0.29) is 50.8 Å². The molecule has 2 aromatic heterocycles. The van der Waals surface area contributed by atoms with E-state index >= 15 is 0 Å². The fourth-order valence-electron chi connectivity index (χ4n) is 2.36. The third-order valence-corrected chi connectivity index (χ3v) is 3.46. The van der Waals surface area contributed by atoms with Crippen LogP contribution >= 0.6 is 0 Å². The summed E-state index contributed by atoms with van der Waals surface area (Å²) in [5.74, 6) is -0.141. The van der Waals surface area contributed by atoms with Crippen LogP contribution in [0.3, 0.4) is 0 Å². The van der Waals surface area contributed by atoms with Crippen LogP contribution in [-0.2, 0) is 0 Å². The second kappa shape index (κ2) is 5.59. The number of nitrogens with one attached hydrogen (secondary N) is 1. The van der Waals surface area contributed by atoms with Crippen molar-refractivity contribution in [1.29, 1.82) is 0 Å². The molecule has 3 heterocycles. The van der Waals surface area contributed by atoms with Crippen LogP contribution in [0.25, 0.3) is 11.3 Å². The minimum absolute atomic E-state index is 0.0108. The third kappa shape index (κ3) is 2.41. The fraction of sp³-hybridized carbons (Fsp3) is 0.0769. The van der Waals surface area contributed by atoms with Gasteiger partial charge in [0.1, 0.15) is 5.71 Å². The average Bonchev–Trinajstić information content (AvgIpc) is 3.18. The van der Waals surface area contributed by atoms with E-state index < -0.39 is 0 Å². The molecular formula is C13H10N8O4. The van der Waals surface area contributed by atoms with Crippen molar-refractivity contribution in [3.05, 3.63) is 52.1 Å². The maximum atomic E-state index is 12.0. The molecule has 12 heteroatoms. The number of hydrazone groups is 1. The number of hydrogen-bond donors (Lipinski definition) is 2. The molecule has 0 bridgehead atoms. The Morgan fingerprint density at radius 3 is 2.48 bits per heavy atom. The molecule has 0 unspecified atom stereocenters. The number of benzene rings is 1. The molecule has 4 rings (SSSR count). The summed E-state index contributed by atoms with van der Waals surface area (Å²) < 4.78 is 9.12. The van der Waals surface area contributed by atoms with Crippen molar-refractivity contribution in [1.82, 2.24) is 15.7 Å². The Labute approximate surface area is 138 Å². The van der Waals surface area contributed by atoms with Gasteiger partial charge in [0.05, 0.1) is 11.7 Å². The van der Waals surface area contributed by atoms with Crippen molar-refractivity contribution >= 4 is 17.4 Å². The molecular weight excluding hydrogens is 332 g/mol. The zero-order valence-electron chi connectivity index (χ0n) is 12.5. The first-order valence-electron chi connectivity index (χ1n) is 7.04. The van der Waals surface area contributed by atoms with E-state index in [2.05, 4.69) is 35.1 Å². The Bertz CT molecular complexity index is 971. The van der Waals surface area contributed by atoms with E-state index in [1.165, 1.54) is 0 Å². The van der Waals surface area contributed by atoms with Crippen LogP contribution in [0.5, 0.6) is 0 Å². The van der Waals surface area contributed by atoms with Crippen LogP contribution in [0.2, 0.25) is 0 Å². The number of rotatable bonds is 3. The van der Waals surface area contributed by atoms with Gasteiger partial charge in [0.15, 0.2) is 0 Å². The van der Waals surface area contributed by atoms with E-state index in [1.54, 1.807) is 24.3 Å². The van der Waals surface area contributed by atoms with Gasteiger partial charge in [0.2, 0.25) is 5.84 Å². The predicted molar refractivity (Wildman–Crippen MR) is 81.9 cm³/mol. The van der Waals surface area contributed by atoms with Crippen LogP contribution in [0.1, 0.15) is 11.4 Å². The largest absolute Gasteiger partial charge is 0.359 e. The van der Waals surface area contributed by atoms with Crippen molar-refractivity contribution in [3.63, 3.8) is 0 Å². The summed E-state index contributed by atoms with van der Waals surface area (Å²) in [4.78, 5) is 4.54. The van der Waals surface area contributed by atoms with Gasteiger partial charge in [-0.3, -0.25) is 9.26 Å². The molecule has 0 radical (unpaired) electrons. The Morgan fingerprint density at radius 2 is 1.76 bits per heavy atom. The summed E-state index contributed by atoms with van der Waals surface area (Å²) in [5, 5.41) is 34.8. The highest BCUT2D eigenvalue weighted by Gasteiger charge is 2.31. The zero-order valence-corrected chi connectivity index (χ0v) is 12.5. The maximum absolute atomic E-state index is 12.0. The van der Waals surface area contributed by atoms with Gasteiger partial charge in [-0.25, -0.2) is 4.99 Å². The SMILES string of the molecule is Nc1no[n+]([O-])c1C1=NC(c2c(-c3ccccc3)no[n+]2[O-])=NNC1. The lowest BCUT2D eigenvalue weighted by atomic mass is 10.1. The number of nitrogen functional groups attached to an aromatic ring is 1. The van der Waals surface area contributed by atoms with Gasteiger partial charge in [-0.2, -0.15) is 5.10 Å². The lowest BCUT2D eigenvalue weighted by molar-refractivity contribution is -0.803. The normalized spacial score (nSPS) is 13.9. The molecule has 0 atom stereocenters.